The van der Waals surface area contributed by atoms with Crippen LogP contribution in [0.2, 0.25) is 0 Å². The number of benzene rings is 1. The molecule has 4 heterocycles. The highest BCUT2D eigenvalue weighted by Gasteiger charge is 2.22. The summed E-state index contributed by atoms with van der Waals surface area (Å²) in [5.74, 6) is 1.41. The molecule has 0 saturated carbocycles. The number of anilines is 1. The van der Waals surface area contributed by atoms with Gasteiger partial charge in [0.15, 0.2) is 5.76 Å². The van der Waals surface area contributed by atoms with Crippen molar-refractivity contribution in [1.82, 2.24) is 29.8 Å². The van der Waals surface area contributed by atoms with Gasteiger partial charge in [0.1, 0.15) is 12.4 Å². The zero-order chi connectivity index (χ0) is 21.2. The van der Waals surface area contributed by atoms with Crippen LogP contribution >= 0.6 is 0 Å². The number of fused-ring (bicyclic) bond motifs is 3. The molecule has 0 bridgehead atoms. The fourth-order valence-electron chi connectivity index (χ4n) is 4.11. The molecule has 3 aromatic heterocycles. The molecular formula is C22H25N7O2. The predicted molar refractivity (Wildman–Crippen MR) is 115 cm³/mol. The van der Waals surface area contributed by atoms with E-state index in [0.29, 0.717) is 31.3 Å². The highest BCUT2D eigenvalue weighted by molar-refractivity contribution is 5.87. The summed E-state index contributed by atoms with van der Waals surface area (Å²) in [6.45, 7) is 3.40. The largest absolute Gasteiger partial charge is 0.382 e. The number of carbonyl (C=O) groups is 1. The van der Waals surface area contributed by atoms with E-state index in [0.717, 1.165) is 35.4 Å². The van der Waals surface area contributed by atoms with Crippen LogP contribution < -0.4 is 10.6 Å². The van der Waals surface area contributed by atoms with Crippen LogP contribution in [0, 0.1) is 0 Å². The molecule has 1 amide bonds. The molecule has 1 atom stereocenters. The lowest BCUT2D eigenvalue weighted by Crippen LogP contribution is -2.28. The highest BCUT2D eigenvalue weighted by Crippen LogP contribution is 2.32. The third kappa shape index (κ3) is 4.03. The van der Waals surface area contributed by atoms with Gasteiger partial charge in [0, 0.05) is 48.7 Å². The number of nitrogens with zero attached hydrogens (tertiary/aromatic N) is 5. The van der Waals surface area contributed by atoms with E-state index in [2.05, 4.69) is 39.9 Å². The quantitative estimate of drug-likeness (QED) is 0.477. The number of amides is 1. The van der Waals surface area contributed by atoms with Crippen molar-refractivity contribution in [2.75, 3.05) is 5.32 Å². The first-order valence-corrected chi connectivity index (χ1v) is 10.6. The van der Waals surface area contributed by atoms with Gasteiger partial charge in [0.05, 0.1) is 23.8 Å². The Balaban J connectivity index is 1.44. The van der Waals surface area contributed by atoms with Crippen LogP contribution in [0.15, 0.2) is 47.4 Å². The maximum atomic E-state index is 12.7. The van der Waals surface area contributed by atoms with Gasteiger partial charge in [0.2, 0.25) is 5.91 Å². The lowest BCUT2D eigenvalue weighted by atomic mass is 9.98. The number of imidazole rings is 1. The molecule has 0 spiro atoms. The summed E-state index contributed by atoms with van der Waals surface area (Å²) in [5, 5.41) is 14.4. The van der Waals surface area contributed by atoms with Crippen LogP contribution in [-0.2, 0) is 37.3 Å². The summed E-state index contributed by atoms with van der Waals surface area (Å²) in [6.07, 6.45) is 8.00. The lowest BCUT2D eigenvalue weighted by molar-refractivity contribution is -0.121. The second kappa shape index (κ2) is 8.25. The van der Waals surface area contributed by atoms with E-state index in [1.54, 1.807) is 18.5 Å². The average Bonchev–Trinajstić information content (AvgIpc) is 3.52. The number of aromatic nitrogens is 5. The number of rotatable bonds is 7. The van der Waals surface area contributed by atoms with Crippen molar-refractivity contribution in [2.24, 2.45) is 0 Å². The maximum Gasteiger partial charge on any atom is 0.240 e. The van der Waals surface area contributed by atoms with Crippen LogP contribution in [0.25, 0.3) is 11.0 Å². The Labute approximate surface area is 179 Å². The Morgan fingerprint density at radius 1 is 1.32 bits per heavy atom. The molecule has 2 N–H and O–H groups in total. The second-order valence-corrected chi connectivity index (χ2v) is 7.93. The molecule has 9 nitrogen and oxygen atoms in total. The Morgan fingerprint density at radius 3 is 3.06 bits per heavy atom. The summed E-state index contributed by atoms with van der Waals surface area (Å²) in [5.41, 5.74) is 4.34. The SMILES string of the molecule is C[C@H]1CCc2c(ccc3c2nc(CCn2cccn2)n3CC(=O)NCc2ccno2)N1. The fraction of sp³-hybridized carbons (Fsp3) is 0.364. The molecule has 0 radical (unpaired) electrons. The Bertz CT molecular complexity index is 1180. The number of hydrogen-bond acceptors (Lipinski definition) is 6. The first-order chi connectivity index (χ1) is 15.2. The molecule has 1 aliphatic rings. The molecule has 5 rings (SSSR count). The zero-order valence-corrected chi connectivity index (χ0v) is 17.4. The van der Waals surface area contributed by atoms with Crippen molar-refractivity contribution in [1.29, 1.82) is 0 Å². The zero-order valence-electron chi connectivity index (χ0n) is 17.4. The summed E-state index contributed by atoms with van der Waals surface area (Å²) >= 11 is 0. The Hall–Kier alpha value is -3.62. The number of nitrogens with one attached hydrogen (secondary N) is 2. The van der Waals surface area contributed by atoms with E-state index in [1.807, 2.05) is 21.5 Å². The monoisotopic (exact) mass is 419 g/mol. The van der Waals surface area contributed by atoms with Gasteiger partial charge >= 0.3 is 0 Å². The smallest absolute Gasteiger partial charge is 0.240 e. The molecule has 9 heteroatoms. The molecule has 0 fully saturated rings. The minimum atomic E-state index is -0.0968. The van der Waals surface area contributed by atoms with Crippen LogP contribution in [0.3, 0.4) is 0 Å². The van der Waals surface area contributed by atoms with E-state index in [4.69, 9.17) is 9.51 Å². The van der Waals surface area contributed by atoms with Crippen molar-refractivity contribution < 1.29 is 9.32 Å². The molecule has 1 aromatic carbocycles. The van der Waals surface area contributed by atoms with Crippen molar-refractivity contribution in [2.45, 2.75) is 51.9 Å². The van der Waals surface area contributed by atoms with Gasteiger partial charge in [-0.1, -0.05) is 5.16 Å². The van der Waals surface area contributed by atoms with Gasteiger partial charge in [-0.2, -0.15) is 5.10 Å². The molecule has 0 aliphatic carbocycles. The molecule has 4 aromatic rings. The standard InChI is InChI=1S/C22H25N7O2/c1-15-3-4-17-18(26-15)5-6-19-22(17)27-20(8-12-28-11-2-9-24-28)29(19)14-21(30)23-13-16-7-10-25-31-16/h2,5-7,9-11,15,26H,3-4,8,12-14H2,1H3,(H,23,30)/t15-/m0/s1. The van der Waals surface area contributed by atoms with Gasteiger partial charge in [-0.3, -0.25) is 9.48 Å². The van der Waals surface area contributed by atoms with E-state index >= 15 is 0 Å². The molecule has 0 saturated heterocycles. The van der Waals surface area contributed by atoms with Crippen molar-refractivity contribution in [3.63, 3.8) is 0 Å². The summed E-state index contributed by atoms with van der Waals surface area (Å²) in [7, 11) is 0. The molecule has 31 heavy (non-hydrogen) atoms. The van der Waals surface area contributed by atoms with Crippen LogP contribution in [-0.4, -0.2) is 36.4 Å². The van der Waals surface area contributed by atoms with Gasteiger partial charge in [-0.25, -0.2) is 4.98 Å². The first kappa shape index (κ1) is 19.3. The molecule has 160 valence electrons. The molecule has 1 aliphatic heterocycles. The third-order valence-corrected chi connectivity index (χ3v) is 5.71. The van der Waals surface area contributed by atoms with Crippen LogP contribution in [0.5, 0.6) is 0 Å². The maximum absolute atomic E-state index is 12.7. The normalized spacial score (nSPS) is 15.6. The number of carbonyl (C=O) groups excluding carboxylic acids is 1. The summed E-state index contributed by atoms with van der Waals surface area (Å²) in [4.78, 5) is 17.7. The average molecular weight is 419 g/mol. The first-order valence-electron chi connectivity index (χ1n) is 10.6. The van der Waals surface area contributed by atoms with E-state index in [1.165, 1.54) is 5.56 Å². The number of aryl methyl sites for hydroxylation is 3. The summed E-state index contributed by atoms with van der Waals surface area (Å²) < 4.78 is 8.97. The fourth-order valence-corrected chi connectivity index (χ4v) is 4.11. The van der Waals surface area contributed by atoms with Crippen molar-refractivity contribution >= 4 is 22.6 Å². The van der Waals surface area contributed by atoms with E-state index in [9.17, 15) is 4.79 Å². The lowest BCUT2D eigenvalue weighted by Gasteiger charge is -2.24. The van der Waals surface area contributed by atoms with Crippen molar-refractivity contribution in [3.8, 4) is 0 Å². The summed E-state index contributed by atoms with van der Waals surface area (Å²) in [6, 6.07) is 8.27. The topological polar surface area (TPSA) is 103 Å². The molecule has 0 unspecified atom stereocenters. The van der Waals surface area contributed by atoms with Crippen LogP contribution in [0.4, 0.5) is 5.69 Å². The highest BCUT2D eigenvalue weighted by atomic mass is 16.5. The van der Waals surface area contributed by atoms with Crippen molar-refractivity contribution in [3.05, 3.63) is 60.0 Å². The second-order valence-electron chi connectivity index (χ2n) is 7.93. The minimum absolute atomic E-state index is 0.0968. The number of hydrogen-bond donors (Lipinski definition) is 2. The van der Waals surface area contributed by atoms with Gasteiger partial charge in [-0.05, 0) is 38.0 Å². The van der Waals surface area contributed by atoms with Gasteiger partial charge < -0.3 is 19.7 Å². The Morgan fingerprint density at radius 2 is 2.26 bits per heavy atom. The van der Waals surface area contributed by atoms with Gasteiger partial charge in [0.25, 0.3) is 0 Å². The predicted octanol–water partition coefficient (Wildman–Crippen LogP) is 2.53. The van der Waals surface area contributed by atoms with E-state index < -0.39 is 0 Å². The van der Waals surface area contributed by atoms with Gasteiger partial charge in [-0.15, -0.1) is 0 Å². The Kier molecular flexibility index (Phi) is 5.15. The third-order valence-electron chi connectivity index (χ3n) is 5.71. The van der Waals surface area contributed by atoms with Crippen LogP contribution in [0.1, 0.15) is 30.5 Å². The molecular weight excluding hydrogens is 394 g/mol. The minimum Gasteiger partial charge on any atom is -0.382 e. The van der Waals surface area contributed by atoms with E-state index in [-0.39, 0.29) is 12.5 Å².